The predicted octanol–water partition coefficient (Wildman–Crippen LogP) is 6.84. The number of halogens is 2. The molecule has 182 valence electrons. The van der Waals surface area contributed by atoms with Crippen LogP contribution in [0.1, 0.15) is 11.1 Å². The number of carbonyl (C=O) groups excluding carboxylic acids is 2. The summed E-state index contributed by atoms with van der Waals surface area (Å²) < 4.78 is 5.53. The molecule has 1 saturated heterocycles. The molecular formula is C23H13Cl2N3O7S. The SMILES string of the molecule is O=C1SC(=Cc2ccc(Oc3ccc([N+](=O)[O-])cc3[N+](=O)[O-])cc2)C(=O)N1Cc1c(Cl)cccc1Cl. The molecule has 36 heavy (non-hydrogen) atoms. The summed E-state index contributed by atoms with van der Waals surface area (Å²) in [5.41, 5.74) is 0.0452. The van der Waals surface area contributed by atoms with Crippen molar-refractivity contribution in [1.29, 1.82) is 0 Å². The Labute approximate surface area is 217 Å². The summed E-state index contributed by atoms with van der Waals surface area (Å²) in [6.07, 6.45) is 1.53. The number of hydrogen-bond donors (Lipinski definition) is 0. The van der Waals surface area contributed by atoms with Crippen LogP contribution >= 0.6 is 35.0 Å². The number of thioether (sulfide) groups is 1. The normalized spacial score (nSPS) is 14.4. The highest BCUT2D eigenvalue weighted by atomic mass is 35.5. The minimum Gasteiger partial charge on any atom is -0.450 e. The third-order valence-electron chi connectivity index (χ3n) is 5.01. The molecule has 1 aliphatic rings. The maximum Gasteiger partial charge on any atom is 0.318 e. The molecule has 0 spiro atoms. The van der Waals surface area contributed by atoms with Crippen molar-refractivity contribution in [3.05, 3.63) is 107 Å². The van der Waals surface area contributed by atoms with E-state index in [0.717, 1.165) is 34.9 Å². The van der Waals surface area contributed by atoms with Gasteiger partial charge < -0.3 is 4.74 Å². The largest absolute Gasteiger partial charge is 0.450 e. The number of nitro groups is 2. The summed E-state index contributed by atoms with van der Waals surface area (Å²) in [6.45, 7) is -0.0681. The topological polar surface area (TPSA) is 133 Å². The zero-order valence-corrected chi connectivity index (χ0v) is 20.2. The molecule has 10 nitrogen and oxygen atoms in total. The minimum atomic E-state index is -0.775. The lowest BCUT2D eigenvalue weighted by Gasteiger charge is -2.14. The molecule has 1 heterocycles. The summed E-state index contributed by atoms with van der Waals surface area (Å²) in [4.78, 5) is 47.2. The van der Waals surface area contributed by atoms with Crippen LogP contribution in [0.5, 0.6) is 11.5 Å². The van der Waals surface area contributed by atoms with Gasteiger partial charge in [0.2, 0.25) is 5.75 Å². The van der Waals surface area contributed by atoms with Gasteiger partial charge in [-0.1, -0.05) is 41.4 Å². The second-order valence-electron chi connectivity index (χ2n) is 7.31. The zero-order valence-electron chi connectivity index (χ0n) is 17.9. The van der Waals surface area contributed by atoms with Gasteiger partial charge in [-0.15, -0.1) is 0 Å². The van der Waals surface area contributed by atoms with Crippen LogP contribution in [0.25, 0.3) is 6.08 Å². The van der Waals surface area contributed by atoms with Crippen LogP contribution in [-0.2, 0) is 11.3 Å². The van der Waals surface area contributed by atoms with E-state index < -0.39 is 32.4 Å². The smallest absolute Gasteiger partial charge is 0.318 e. The van der Waals surface area contributed by atoms with Gasteiger partial charge in [0.05, 0.1) is 27.4 Å². The Balaban J connectivity index is 1.51. The second-order valence-corrected chi connectivity index (χ2v) is 9.11. The van der Waals surface area contributed by atoms with E-state index in [1.54, 1.807) is 30.3 Å². The molecule has 3 aromatic carbocycles. The number of benzene rings is 3. The highest BCUT2D eigenvalue weighted by molar-refractivity contribution is 8.18. The molecule has 2 amide bonds. The van der Waals surface area contributed by atoms with Crippen molar-refractivity contribution in [2.45, 2.75) is 6.54 Å². The first-order valence-corrected chi connectivity index (χ1v) is 11.6. The number of nitro benzene ring substituents is 2. The fraction of sp³-hybridized carbons (Fsp3) is 0.0435. The molecule has 0 atom stereocenters. The van der Waals surface area contributed by atoms with E-state index in [0.29, 0.717) is 21.2 Å². The van der Waals surface area contributed by atoms with E-state index in [2.05, 4.69) is 0 Å². The number of rotatable bonds is 7. The van der Waals surface area contributed by atoms with Crippen molar-refractivity contribution in [2.24, 2.45) is 0 Å². The molecule has 0 saturated carbocycles. The van der Waals surface area contributed by atoms with E-state index in [1.807, 2.05) is 0 Å². The summed E-state index contributed by atoms with van der Waals surface area (Å²) in [5, 5.41) is 22.4. The van der Waals surface area contributed by atoms with Crippen LogP contribution in [0.2, 0.25) is 10.0 Å². The van der Waals surface area contributed by atoms with Crippen molar-refractivity contribution >= 4 is 63.6 Å². The number of imide groups is 1. The number of carbonyl (C=O) groups is 2. The van der Waals surface area contributed by atoms with Crippen molar-refractivity contribution in [3.8, 4) is 11.5 Å². The Morgan fingerprint density at radius 3 is 2.22 bits per heavy atom. The monoisotopic (exact) mass is 545 g/mol. The van der Waals surface area contributed by atoms with E-state index in [-0.39, 0.29) is 22.9 Å². The molecule has 0 aliphatic carbocycles. The zero-order chi connectivity index (χ0) is 26.0. The maximum atomic E-state index is 12.8. The van der Waals surface area contributed by atoms with E-state index in [4.69, 9.17) is 27.9 Å². The van der Waals surface area contributed by atoms with Crippen LogP contribution in [0, 0.1) is 20.2 Å². The summed E-state index contributed by atoms with van der Waals surface area (Å²) in [7, 11) is 0. The molecule has 0 aromatic heterocycles. The predicted molar refractivity (Wildman–Crippen MR) is 134 cm³/mol. The molecule has 0 radical (unpaired) electrons. The van der Waals surface area contributed by atoms with E-state index >= 15 is 0 Å². The number of nitrogens with zero attached hydrogens (tertiary/aromatic N) is 3. The highest BCUT2D eigenvalue weighted by Gasteiger charge is 2.35. The quantitative estimate of drug-likeness (QED) is 0.179. The van der Waals surface area contributed by atoms with Crippen molar-refractivity contribution in [1.82, 2.24) is 4.90 Å². The second kappa shape index (κ2) is 10.4. The number of hydrogen-bond acceptors (Lipinski definition) is 8. The average molecular weight is 546 g/mol. The van der Waals surface area contributed by atoms with Crippen molar-refractivity contribution < 1.29 is 24.2 Å². The number of non-ortho nitro benzene ring substituents is 1. The van der Waals surface area contributed by atoms with Gasteiger partial charge in [0.25, 0.3) is 16.8 Å². The Hall–Kier alpha value is -3.93. The molecule has 0 bridgehead atoms. The molecule has 13 heteroatoms. The first-order valence-electron chi connectivity index (χ1n) is 10.0. The van der Waals surface area contributed by atoms with Gasteiger partial charge in [-0.05, 0) is 53.7 Å². The van der Waals surface area contributed by atoms with E-state index in [1.165, 1.54) is 18.2 Å². The van der Waals surface area contributed by atoms with Crippen LogP contribution in [0.4, 0.5) is 16.2 Å². The molecule has 1 aliphatic heterocycles. The molecule has 0 unspecified atom stereocenters. The molecule has 4 rings (SSSR count). The molecule has 1 fully saturated rings. The van der Waals surface area contributed by atoms with Gasteiger partial charge in [-0.2, -0.15) is 0 Å². The first-order chi connectivity index (χ1) is 17.1. The summed E-state index contributed by atoms with van der Waals surface area (Å²) in [5.74, 6) is -0.439. The molecule has 3 aromatic rings. The Morgan fingerprint density at radius 1 is 0.944 bits per heavy atom. The summed E-state index contributed by atoms with van der Waals surface area (Å²) >= 11 is 13.1. The Morgan fingerprint density at radius 2 is 1.61 bits per heavy atom. The third kappa shape index (κ3) is 5.33. The number of ether oxygens (including phenoxy) is 1. The third-order valence-corrected chi connectivity index (χ3v) is 6.62. The van der Waals surface area contributed by atoms with Crippen LogP contribution in [0.3, 0.4) is 0 Å². The Bertz CT molecular complexity index is 1420. The van der Waals surface area contributed by atoms with Gasteiger partial charge >= 0.3 is 5.69 Å². The fourth-order valence-corrected chi connectivity index (χ4v) is 4.59. The molecular weight excluding hydrogens is 533 g/mol. The average Bonchev–Trinajstić information content (AvgIpc) is 3.09. The van der Waals surface area contributed by atoms with Gasteiger partial charge in [0.15, 0.2) is 0 Å². The Kier molecular flexibility index (Phi) is 7.25. The van der Waals surface area contributed by atoms with Crippen molar-refractivity contribution in [3.63, 3.8) is 0 Å². The fourth-order valence-electron chi connectivity index (χ4n) is 3.24. The lowest BCUT2D eigenvalue weighted by molar-refractivity contribution is -0.394. The lowest BCUT2D eigenvalue weighted by atomic mass is 10.2. The van der Waals surface area contributed by atoms with Crippen LogP contribution in [0.15, 0.2) is 65.6 Å². The van der Waals surface area contributed by atoms with E-state index in [9.17, 15) is 29.8 Å². The standard InChI is InChI=1S/C23H13Cl2N3O7S/c24-17-2-1-3-18(25)16(17)12-26-22(29)21(36-23(26)30)10-13-4-7-15(8-5-13)35-20-9-6-14(27(31)32)11-19(20)28(33)34/h1-11H,12H2. The molecule has 0 N–H and O–H groups in total. The van der Waals surface area contributed by atoms with Gasteiger partial charge in [-0.25, -0.2) is 0 Å². The highest BCUT2D eigenvalue weighted by Crippen LogP contribution is 2.37. The lowest BCUT2D eigenvalue weighted by Crippen LogP contribution is -2.27. The minimum absolute atomic E-state index is 0.0681. The first kappa shape index (κ1) is 25.2. The maximum absolute atomic E-state index is 12.8. The number of amides is 2. The van der Waals surface area contributed by atoms with Crippen LogP contribution in [-0.4, -0.2) is 25.9 Å². The van der Waals surface area contributed by atoms with Crippen LogP contribution < -0.4 is 4.74 Å². The van der Waals surface area contributed by atoms with Crippen molar-refractivity contribution in [2.75, 3.05) is 0 Å². The van der Waals surface area contributed by atoms with Gasteiger partial charge in [0, 0.05) is 21.7 Å². The van der Waals surface area contributed by atoms with Gasteiger partial charge in [0.1, 0.15) is 5.75 Å². The van der Waals surface area contributed by atoms with Gasteiger partial charge in [-0.3, -0.25) is 34.7 Å². The summed E-state index contributed by atoms with van der Waals surface area (Å²) in [6, 6.07) is 14.1.